The van der Waals surface area contributed by atoms with Crippen molar-refractivity contribution in [2.24, 2.45) is 0 Å². The van der Waals surface area contributed by atoms with Crippen molar-refractivity contribution < 1.29 is 23.8 Å². The van der Waals surface area contributed by atoms with Gasteiger partial charge in [0.25, 0.3) is 6.26 Å². The second kappa shape index (κ2) is 7.12. The van der Waals surface area contributed by atoms with Crippen molar-refractivity contribution >= 4 is 11.9 Å². The zero-order chi connectivity index (χ0) is 14.2. The van der Waals surface area contributed by atoms with Gasteiger partial charge in [-0.1, -0.05) is 13.2 Å². The fourth-order valence-corrected chi connectivity index (χ4v) is 0.835. The number of ether oxygens (including phenoxy) is 3. The maximum atomic E-state index is 11.2. The number of esters is 2. The minimum atomic E-state index is -1.24. The molecule has 0 amide bonds. The monoisotopic (exact) mass is 253 g/mol. The summed E-state index contributed by atoms with van der Waals surface area (Å²) in [5.74, 6) is -1.27. The van der Waals surface area contributed by atoms with Gasteiger partial charge in [0, 0.05) is 11.6 Å². The summed E-state index contributed by atoms with van der Waals surface area (Å²) in [6.45, 7) is 9.12. The molecule has 0 spiro atoms. The Balaban J connectivity index is 4.47. The van der Waals surface area contributed by atoms with Gasteiger partial charge in [0.05, 0.1) is 0 Å². The molecule has 6 nitrogen and oxygen atoms in total. The van der Waals surface area contributed by atoms with Crippen LogP contribution in [0.5, 0.6) is 0 Å². The molecule has 1 atom stereocenters. The lowest BCUT2D eigenvalue weighted by atomic mass is 10.1. The molecular weight excluding hydrogens is 238 g/mol. The summed E-state index contributed by atoms with van der Waals surface area (Å²) < 4.78 is 14.4. The fraction of sp³-hybridized carbons (Fsp3) is 0.417. The van der Waals surface area contributed by atoms with Crippen LogP contribution in [0.2, 0.25) is 0 Å². The molecule has 0 saturated carbocycles. The SMILES string of the molecule is C=CC(=O)OCC(C)(COC(=O)C(=C)C)OC#N. The van der Waals surface area contributed by atoms with Crippen molar-refractivity contribution in [3.05, 3.63) is 24.8 Å². The summed E-state index contributed by atoms with van der Waals surface area (Å²) in [6.07, 6.45) is 2.45. The van der Waals surface area contributed by atoms with E-state index in [4.69, 9.17) is 19.5 Å². The van der Waals surface area contributed by atoms with Gasteiger partial charge in [0.2, 0.25) is 0 Å². The number of rotatable bonds is 7. The zero-order valence-electron chi connectivity index (χ0n) is 10.4. The predicted molar refractivity (Wildman–Crippen MR) is 62.0 cm³/mol. The topological polar surface area (TPSA) is 85.6 Å². The molecule has 0 aromatic heterocycles. The van der Waals surface area contributed by atoms with Crippen molar-refractivity contribution in [3.8, 4) is 6.26 Å². The third kappa shape index (κ3) is 5.70. The van der Waals surface area contributed by atoms with Gasteiger partial charge >= 0.3 is 11.9 Å². The Morgan fingerprint density at radius 1 is 1.39 bits per heavy atom. The van der Waals surface area contributed by atoms with E-state index in [1.165, 1.54) is 20.1 Å². The second-order valence-electron chi connectivity index (χ2n) is 3.81. The van der Waals surface area contributed by atoms with Crippen LogP contribution >= 0.6 is 0 Å². The molecule has 0 N–H and O–H groups in total. The number of nitriles is 1. The van der Waals surface area contributed by atoms with Gasteiger partial charge in [0.1, 0.15) is 13.2 Å². The van der Waals surface area contributed by atoms with Gasteiger partial charge in [-0.2, -0.15) is 5.26 Å². The highest BCUT2D eigenvalue weighted by Gasteiger charge is 2.30. The van der Waals surface area contributed by atoms with E-state index in [2.05, 4.69) is 13.2 Å². The Morgan fingerprint density at radius 3 is 2.39 bits per heavy atom. The molecule has 98 valence electrons. The minimum Gasteiger partial charge on any atom is -0.458 e. The predicted octanol–water partition coefficient (Wildman–Crippen LogP) is 1.09. The second-order valence-corrected chi connectivity index (χ2v) is 3.81. The molecule has 0 fully saturated rings. The Bertz CT molecular complexity index is 396. The van der Waals surface area contributed by atoms with Crippen molar-refractivity contribution in [1.82, 2.24) is 0 Å². The molecule has 0 heterocycles. The van der Waals surface area contributed by atoms with Crippen LogP contribution in [0.3, 0.4) is 0 Å². The standard InChI is InChI=1S/C12H15NO5/c1-5-10(14)16-6-12(4,18-8-13)7-17-11(15)9(2)3/h5H,1-2,6-7H2,3-4H3. The zero-order valence-corrected chi connectivity index (χ0v) is 10.4. The molecule has 1 unspecified atom stereocenters. The van der Waals surface area contributed by atoms with Crippen molar-refractivity contribution in [3.63, 3.8) is 0 Å². The first-order valence-electron chi connectivity index (χ1n) is 5.03. The summed E-state index contributed by atoms with van der Waals surface area (Å²) in [4.78, 5) is 22.1. The number of nitrogens with zero attached hydrogens (tertiary/aromatic N) is 1. The summed E-state index contributed by atoms with van der Waals surface area (Å²) in [5.41, 5.74) is -1.02. The van der Waals surface area contributed by atoms with Crippen LogP contribution in [0.25, 0.3) is 0 Å². The average molecular weight is 253 g/mol. The molecule has 0 aliphatic carbocycles. The lowest BCUT2D eigenvalue weighted by Gasteiger charge is -2.25. The molecule has 18 heavy (non-hydrogen) atoms. The number of hydrogen-bond acceptors (Lipinski definition) is 6. The van der Waals surface area contributed by atoms with Crippen molar-refractivity contribution in [2.45, 2.75) is 19.4 Å². The highest BCUT2D eigenvalue weighted by atomic mass is 16.6. The molecule has 0 radical (unpaired) electrons. The molecule has 0 aliphatic heterocycles. The molecule has 0 aliphatic rings. The molecular formula is C12H15NO5. The number of hydrogen-bond donors (Lipinski definition) is 0. The Morgan fingerprint density at radius 2 is 1.94 bits per heavy atom. The fourth-order valence-electron chi connectivity index (χ4n) is 0.835. The highest BCUT2D eigenvalue weighted by molar-refractivity contribution is 5.87. The lowest BCUT2D eigenvalue weighted by Crippen LogP contribution is -2.40. The maximum Gasteiger partial charge on any atom is 0.333 e. The first-order valence-corrected chi connectivity index (χ1v) is 5.03. The van der Waals surface area contributed by atoms with E-state index in [-0.39, 0.29) is 18.8 Å². The molecule has 0 aromatic carbocycles. The summed E-state index contributed by atoms with van der Waals surface area (Å²) in [6, 6.07) is 0. The molecule has 0 bridgehead atoms. The largest absolute Gasteiger partial charge is 0.458 e. The highest BCUT2D eigenvalue weighted by Crippen LogP contribution is 2.12. The first kappa shape index (κ1) is 15.7. The minimum absolute atomic E-state index is 0.220. The van der Waals surface area contributed by atoms with E-state index in [1.54, 1.807) is 0 Å². The van der Waals surface area contributed by atoms with E-state index >= 15 is 0 Å². The van der Waals surface area contributed by atoms with Crippen LogP contribution in [0.15, 0.2) is 24.8 Å². The van der Waals surface area contributed by atoms with E-state index in [0.717, 1.165) is 6.08 Å². The van der Waals surface area contributed by atoms with E-state index in [0.29, 0.717) is 0 Å². The van der Waals surface area contributed by atoms with Gasteiger partial charge in [0.15, 0.2) is 5.60 Å². The van der Waals surface area contributed by atoms with Crippen LogP contribution in [-0.4, -0.2) is 30.8 Å². The quantitative estimate of drug-likeness (QED) is 0.383. The maximum absolute atomic E-state index is 11.2. The number of carbonyl (C=O) groups is 2. The van der Waals surface area contributed by atoms with Crippen LogP contribution in [0.1, 0.15) is 13.8 Å². The van der Waals surface area contributed by atoms with E-state index in [9.17, 15) is 9.59 Å². The first-order chi connectivity index (χ1) is 8.34. The molecule has 0 aromatic rings. The van der Waals surface area contributed by atoms with Crippen LogP contribution in [0.4, 0.5) is 0 Å². The smallest absolute Gasteiger partial charge is 0.333 e. The Labute approximate surface area is 105 Å². The molecule has 0 saturated heterocycles. The van der Waals surface area contributed by atoms with E-state index in [1.807, 2.05) is 0 Å². The lowest BCUT2D eigenvalue weighted by molar-refractivity contribution is -0.155. The Hall–Kier alpha value is -2.29. The Kier molecular flexibility index (Phi) is 6.21. The van der Waals surface area contributed by atoms with E-state index < -0.39 is 17.5 Å². The third-order valence-corrected chi connectivity index (χ3v) is 1.84. The third-order valence-electron chi connectivity index (χ3n) is 1.84. The van der Waals surface area contributed by atoms with Crippen LogP contribution in [0, 0.1) is 11.5 Å². The van der Waals surface area contributed by atoms with Gasteiger partial charge in [-0.15, -0.1) is 0 Å². The van der Waals surface area contributed by atoms with Crippen molar-refractivity contribution in [1.29, 1.82) is 5.26 Å². The summed E-state index contributed by atoms with van der Waals surface area (Å²) in [5, 5.41) is 8.51. The van der Waals surface area contributed by atoms with Gasteiger partial charge in [-0.3, -0.25) is 0 Å². The van der Waals surface area contributed by atoms with Gasteiger partial charge in [-0.05, 0) is 13.8 Å². The van der Waals surface area contributed by atoms with Gasteiger partial charge in [-0.25, -0.2) is 9.59 Å². The van der Waals surface area contributed by atoms with Crippen LogP contribution in [-0.2, 0) is 23.8 Å². The van der Waals surface area contributed by atoms with Crippen molar-refractivity contribution in [2.75, 3.05) is 13.2 Å². The normalized spacial score (nSPS) is 12.5. The average Bonchev–Trinajstić information content (AvgIpc) is 2.33. The molecule has 0 rings (SSSR count). The molecule has 6 heteroatoms. The summed E-state index contributed by atoms with van der Waals surface area (Å²) in [7, 11) is 0. The number of carbonyl (C=O) groups excluding carboxylic acids is 2. The van der Waals surface area contributed by atoms with Gasteiger partial charge < -0.3 is 14.2 Å². The summed E-state index contributed by atoms with van der Waals surface area (Å²) >= 11 is 0. The van der Waals surface area contributed by atoms with Crippen LogP contribution < -0.4 is 0 Å².